The first-order valence-corrected chi connectivity index (χ1v) is 5.29. The van der Waals surface area contributed by atoms with Gasteiger partial charge in [0.2, 0.25) is 11.8 Å². The Hall–Kier alpha value is -1.32. The Kier molecular flexibility index (Phi) is 7.32. The molecule has 0 radical (unpaired) electrons. The van der Waals surface area contributed by atoms with Gasteiger partial charge in [0.05, 0.1) is 0 Å². The number of rotatable bonds is 7. The maximum absolute atomic E-state index is 11.3. The molecule has 0 aromatic heterocycles. The van der Waals surface area contributed by atoms with E-state index >= 15 is 0 Å². The molecule has 0 heterocycles. The van der Waals surface area contributed by atoms with Crippen molar-refractivity contribution in [2.24, 2.45) is 5.92 Å². The van der Waals surface area contributed by atoms with Crippen molar-refractivity contribution in [3.63, 3.8) is 0 Å². The van der Waals surface area contributed by atoms with E-state index in [0.29, 0.717) is 13.1 Å². The summed E-state index contributed by atoms with van der Waals surface area (Å²) in [6.07, 6.45) is 2.82. The highest BCUT2D eigenvalue weighted by Gasteiger charge is 2.08. The highest BCUT2D eigenvalue weighted by molar-refractivity contribution is 5.86. The molecule has 0 saturated carbocycles. The predicted molar refractivity (Wildman–Crippen MR) is 60.3 cm³/mol. The molecule has 0 aliphatic carbocycles. The second kappa shape index (κ2) is 8.03. The minimum absolute atomic E-state index is 0.0627. The molecule has 15 heavy (non-hydrogen) atoms. The van der Waals surface area contributed by atoms with Crippen LogP contribution in [-0.2, 0) is 9.59 Å². The van der Waals surface area contributed by atoms with E-state index in [4.69, 9.17) is 0 Å². The van der Waals surface area contributed by atoms with E-state index in [2.05, 4.69) is 17.2 Å². The van der Waals surface area contributed by atoms with E-state index in [1.165, 1.54) is 6.08 Å². The lowest BCUT2D eigenvalue weighted by Crippen LogP contribution is -2.32. The molecular weight excluding hydrogens is 192 g/mol. The molecule has 4 heteroatoms. The Labute approximate surface area is 91.1 Å². The summed E-state index contributed by atoms with van der Waals surface area (Å²) in [6.45, 7) is 8.38. The molecule has 1 atom stereocenters. The lowest BCUT2D eigenvalue weighted by atomic mass is 10.1. The number of carbonyl (C=O) groups excluding carboxylic acids is 2. The molecule has 86 valence electrons. The quantitative estimate of drug-likeness (QED) is 0.485. The first-order valence-electron chi connectivity index (χ1n) is 5.29. The highest BCUT2D eigenvalue weighted by Crippen LogP contribution is 1.98. The summed E-state index contributed by atoms with van der Waals surface area (Å²) in [5.74, 6) is -0.0384. The lowest BCUT2D eigenvalue weighted by molar-refractivity contribution is -0.124. The summed E-state index contributed by atoms with van der Waals surface area (Å²) in [5.41, 5.74) is 0. The van der Waals surface area contributed by atoms with Gasteiger partial charge in [-0.15, -0.1) is 0 Å². The third-order valence-corrected chi connectivity index (χ3v) is 2.20. The van der Waals surface area contributed by atoms with Gasteiger partial charge in [-0.05, 0) is 18.9 Å². The van der Waals surface area contributed by atoms with E-state index in [-0.39, 0.29) is 17.7 Å². The van der Waals surface area contributed by atoms with Crippen molar-refractivity contribution >= 4 is 11.8 Å². The van der Waals surface area contributed by atoms with Crippen molar-refractivity contribution in [3.8, 4) is 0 Å². The van der Waals surface area contributed by atoms with E-state index in [1.807, 2.05) is 13.8 Å². The predicted octanol–water partition coefficient (Wildman–Crippen LogP) is 0.841. The van der Waals surface area contributed by atoms with Gasteiger partial charge in [0.15, 0.2) is 0 Å². The fourth-order valence-electron chi connectivity index (χ4n) is 0.943. The van der Waals surface area contributed by atoms with Crippen molar-refractivity contribution in [1.29, 1.82) is 0 Å². The van der Waals surface area contributed by atoms with Crippen LogP contribution in [0, 0.1) is 5.92 Å². The Bertz CT molecular complexity index is 227. The van der Waals surface area contributed by atoms with Gasteiger partial charge in [0.25, 0.3) is 0 Å². The molecule has 0 fully saturated rings. The largest absolute Gasteiger partial charge is 0.356 e. The SMILES string of the molecule is C=CC(=O)NCCCNC(=O)C(C)CC. The van der Waals surface area contributed by atoms with E-state index < -0.39 is 0 Å². The summed E-state index contributed by atoms with van der Waals surface area (Å²) < 4.78 is 0. The van der Waals surface area contributed by atoms with Crippen LogP contribution in [0.3, 0.4) is 0 Å². The highest BCUT2D eigenvalue weighted by atomic mass is 16.2. The fraction of sp³-hybridized carbons (Fsp3) is 0.636. The zero-order chi connectivity index (χ0) is 11.7. The standard InChI is InChI=1S/C11H20N2O2/c1-4-9(3)11(15)13-8-6-7-12-10(14)5-2/h5,9H,2,4,6-8H2,1,3H3,(H,12,14)(H,13,15). The molecular formula is C11H20N2O2. The van der Waals surface area contributed by atoms with Gasteiger partial charge < -0.3 is 10.6 Å². The molecule has 0 aromatic carbocycles. The molecule has 4 nitrogen and oxygen atoms in total. The Balaban J connectivity index is 3.42. The number of hydrogen-bond acceptors (Lipinski definition) is 2. The molecule has 2 amide bonds. The van der Waals surface area contributed by atoms with Crippen molar-refractivity contribution in [2.45, 2.75) is 26.7 Å². The zero-order valence-corrected chi connectivity index (χ0v) is 9.51. The second-order valence-corrected chi connectivity index (χ2v) is 3.45. The maximum atomic E-state index is 11.3. The van der Waals surface area contributed by atoms with Gasteiger partial charge in [-0.3, -0.25) is 9.59 Å². The average molecular weight is 212 g/mol. The van der Waals surface area contributed by atoms with Crippen LogP contribution >= 0.6 is 0 Å². The van der Waals surface area contributed by atoms with Crippen molar-refractivity contribution < 1.29 is 9.59 Å². The van der Waals surface area contributed by atoms with Crippen LogP contribution in [0.2, 0.25) is 0 Å². The van der Waals surface area contributed by atoms with Crippen LogP contribution in [0.15, 0.2) is 12.7 Å². The Morgan fingerprint density at radius 1 is 1.33 bits per heavy atom. The topological polar surface area (TPSA) is 58.2 Å². The average Bonchev–Trinajstić information content (AvgIpc) is 2.26. The van der Waals surface area contributed by atoms with Crippen LogP contribution in [0.4, 0.5) is 0 Å². The summed E-state index contributed by atoms with van der Waals surface area (Å²) in [7, 11) is 0. The molecule has 1 unspecified atom stereocenters. The van der Waals surface area contributed by atoms with Crippen molar-refractivity contribution in [3.05, 3.63) is 12.7 Å². The van der Waals surface area contributed by atoms with Crippen molar-refractivity contribution in [1.82, 2.24) is 10.6 Å². The zero-order valence-electron chi connectivity index (χ0n) is 9.51. The number of hydrogen-bond donors (Lipinski definition) is 2. The summed E-state index contributed by atoms with van der Waals surface area (Å²) >= 11 is 0. The van der Waals surface area contributed by atoms with Crippen LogP contribution in [-0.4, -0.2) is 24.9 Å². The van der Waals surface area contributed by atoms with Gasteiger partial charge in [-0.25, -0.2) is 0 Å². The normalized spacial score (nSPS) is 11.6. The molecule has 0 aliphatic heterocycles. The van der Waals surface area contributed by atoms with Crippen LogP contribution in [0.25, 0.3) is 0 Å². The lowest BCUT2D eigenvalue weighted by Gasteiger charge is -2.09. The molecule has 2 N–H and O–H groups in total. The van der Waals surface area contributed by atoms with E-state index in [0.717, 1.165) is 12.8 Å². The number of amides is 2. The molecule has 0 saturated heterocycles. The minimum atomic E-state index is -0.178. The van der Waals surface area contributed by atoms with Gasteiger partial charge in [-0.1, -0.05) is 20.4 Å². The van der Waals surface area contributed by atoms with Gasteiger partial charge >= 0.3 is 0 Å². The van der Waals surface area contributed by atoms with Crippen LogP contribution in [0.5, 0.6) is 0 Å². The fourth-order valence-corrected chi connectivity index (χ4v) is 0.943. The Morgan fingerprint density at radius 2 is 1.93 bits per heavy atom. The van der Waals surface area contributed by atoms with E-state index in [9.17, 15) is 9.59 Å². The first-order chi connectivity index (χ1) is 7.11. The number of nitrogens with one attached hydrogen (secondary N) is 2. The van der Waals surface area contributed by atoms with E-state index in [1.54, 1.807) is 0 Å². The molecule has 0 aliphatic rings. The summed E-state index contributed by atoms with van der Waals surface area (Å²) in [4.78, 5) is 22.1. The summed E-state index contributed by atoms with van der Waals surface area (Å²) in [6, 6.07) is 0. The Morgan fingerprint density at radius 3 is 2.47 bits per heavy atom. The van der Waals surface area contributed by atoms with Gasteiger partial charge in [0, 0.05) is 19.0 Å². The monoisotopic (exact) mass is 212 g/mol. The number of carbonyl (C=O) groups is 2. The molecule has 0 aromatic rings. The van der Waals surface area contributed by atoms with Gasteiger partial charge in [0.1, 0.15) is 0 Å². The minimum Gasteiger partial charge on any atom is -0.356 e. The molecule has 0 bridgehead atoms. The molecule has 0 rings (SSSR count). The molecule has 0 spiro atoms. The smallest absolute Gasteiger partial charge is 0.243 e. The second-order valence-electron chi connectivity index (χ2n) is 3.45. The summed E-state index contributed by atoms with van der Waals surface area (Å²) in [5, 5.41) is 5.45. The third kappa shape index (κ3) is 6.71. The van der Waals surface area contributed by atoms with Crippen LogP contribution < -0.4 is 10.6 Å². The third-order valence-electron chi connectivity index (χ3n) is 2.20. The first kappa shape index (κ1) is 13.7. The maximum Gasteiger partial charge on any atom is 0.243 e. The van der Waals surface area contributed by atoms with Crippen LogP contribution in [0.1, 0.15) is 26.7 Å². The van der Waals surface area contributed by atoms with Crippen molar-refractivity contribution in [2.75, 3.05) is 13.1 Å². The van der Waals surface area contributed by atoms with Gasteiger partial charge in [-0.2, -0.15) is 0 Å².